The summed E-state index contributed by atoms with van der Waals surface area (Å²) in [6.45, 7) is 1.50. The lowest BCUT2D eigenvalue weighted by atomic mass is 10.1. The third-order valence-electron chi connectivity index (χ3n) is 5.32. The number of thioether (sulfide) groups is 1. The highest BCUT2D eigenvalue weighted by Crippen LogP contribution is 2.28. The molecule has 2 amide bonds. The zero-order chi connectivity index (χ0) is 20.9. The van der Waals surface area contributed by atoms with Gasteiger partial charge in [0, 0.05) is 42.5 Å². The van der Waals surface area contributed by atoms with Crippen LogP contribution in [0.5, 0.6) is 0 Å². The molecule has 0 bridgehead atoms. The molecule has 1 aliphatic heterocycles. The van der Waals surface area contributed by atoms with E-state index in [9.17, 15) is 9.59 Å². The Kier molecular flexibility index (Phi) is 6.18. The Hall–Kier alpha value is -3.06. The SMILES string of the molecule is CSc1cccc(N2C[C@H](C(=O)NCc3ccccc3Cn3cccn3)CC2=O)c1. The molecule has 6 nitrogen and oxygen atoms in total. The summed E-state index contributed by atoms with van der Waals surface area (Å²) in [7, 11) is 0. The predicted molar refractivity (Wildman–Crippen MR) is 118 cm³/mol. The van der Waals surface area contributed by atoms with Crippen LogP contribution < -0.4 is 10.2 Å². The van der Waals surface area contributed by atoms with Crippen LogP contribution in [0.3, 0.4) is 0 Å². The van der Waals surface area contributed by atoms with Gasteiger partial charge in [-0.25, -0.2) is 0 Å². The minimum absolute atomic E-state index is 0.00696. The molecule has 0 spiro atoms. The van der Waals surface area contributed by atoms with E-state index >= 15 is 0 Å². The number of rotatable bonds is 7. The van der Waals surface area contributed by atoms with Crippen molar-refractivity contribution < 1.29 is 9.59 Å². The number of nitrogens with zero attached hydrogens (tertiary/aromatic N) is 3. The average Bonchev–Trinajstić information content (AvgIpc) is 3.42. The van der Waals surface area contributed by atoms with Crippen molar-refractivity contribution in [2.24, 2.45) is 5.92 Å². The summed E-state index contributed by atoms with van der Waals surface area (Å²) >= 11 is 1.63. The van der Waals surface area contributed by atoms with Gasteiger partial charge in [-0.3, -0.25) is 14.3 Å². The van der Waals surface area contributed by atoms with Crippen LogP contribution in [0, 0.1) is 5.92 Å². The molecule has 0 aliphatic carbocycles. The normalized spacial score (nSPS) is 16.1. The third-order valence-corrected chi connectivity index (χ3v) is 6.05. The molecule has 3 aromatic rings. The molecule has 0 unspecified atom stereocenters. The lowest BCUT2D eigenvalue weighted by Gasteiger charge is -2.17. The summed E-state index contributed by atoms with van der Waals surface area (Å²) in [5, 5.41) is 7.28. The van der Waals surface area contributed by atoms with E-state index in [0.29, 0.717) is 19.6 Å². The minimum Gasteiger partial charge on any atom is -0.352 e. The molecule has 2 aromatic carbocycles. The molecule has 4 rings (SSSR count). The molecular weight excluding hydrogens is 396 g/mol. The molecule has 1 aliphatic rings. The molecule has 1 aromatic heterocycles. The molecule has 2 heterocycles. The Morgan fingerprint density at radius 3 is 2.77 bits per heavy atom. The highest BCUT2D eigenvalue weighted by molar-refractivity contribution is 7.98. The minimum atomic E-state index is -0.339. The van der Waals surface area contributed by atoms with Crippen molar-refractivity contribution in [2.75, 3.05) is 17.7 Å². The maximum absolute atomic E-state index is 12.8. The number of benzene rings is 2. The first-order chi connectivity index (χ1) is 14.6. The lowest BCUT2D eigenvalue weighted by molar-refractivity contribution is -0.126. The van der Waals surface area contributed by atoms with Gasteiger partial charge in [-0.1, -0.05) is 30.3 Å². The maximum atomic E-state index is 12.8. The van der Waals surface area contributed by atoms with Crippen molar-refractivity contribution in [3.8, 4) is 0 Å². The second-order valence-corrected chi connectivity index (χ2v) is 8.18. The number of carbonyl (C=O) groups excluding carboxylic acids is 2. The first kappa shape index (κ1) is 20.2. The number of hydrogen-bond donors (Lipinski definition) is 1. The number of carbonyl (C=O) groups is 2. The van der Waals surface area contributed by atoms with Crippen molar-refractivity contribution in [3.63, 3.8) is 0 Å². The van der Waals surface area contributed by atoms with Gasteiger partial charge in [-0.05, 0) is 41.6 Å². The monoisotopic (exact) mass is 420 g/mol. The van der Waals surface area contributed by atoms with Gasteiger partial charge in [0.25, 0.3) is 0 Å². The van der Waals surface area contributed by atoms with Crippen molar-refractivity contribution in [1.29, 1.82) is 0 Å². The summed E-state index contributed by atoms with van der Waals surface area (Å²) in [4.78, 5) is 28.1. The zero-order valence-electron chi connectivity index (χ0n) is 16.8. The van der Waals surface area contributed by atoms with Crippen LogP contribution in [-0.2, 0) is 22.7 Å². The van der Waals surface area contributed by atoms with Crippen LogP contribution in [0.1, 0.15) is 17.5 Å². The predicted octanol–water partition coefficient (Wildman–Crippen LogP) is 3.32. The highest BCUT2D eigenvalue weighted by Gasteiger charge is 2.35. The molecule has 1 saturated heterocycles. The van der Waals surface area contributed by atoms with E-state index in [1.165, 1.54) is 0 Å². The van der Waals surface area contributed by atoms with Crippen molar-refractivity contribution in [3.05, 3.63) is 78.1 Å². The smallest absolute Gasteiger partial charge is 0.227 e. The van der Waals surface area contributed by atoms with Gasteiger partial charge in [0.2, 0.25) is 11.8 Å². The lowest BCUT2D eigenvalue weighted by Crippen LogP contribution is -2.32. The van der Waals surface area contributed by atoms with E-state index in [1.54, 1.807) is 22.9 Å². The van der Waals surface area contributed by atoms with E-state index in [0.717, 1.165) is 21.7 Å². The summed E-state index contributed by atoms with van der Waals surface area (Å²) in [6.07, 6.45) is 5.91. The summed E-state index contributed by atoms with van der Waals surface area (Å²) in [6, 6.07) is 17.8. The number of nitrogens with one attached hydrogen (secondary N) is 1. The van der Waals surface area contributed by atoms with Crippen LogP contribution in [-0.4, -0.2) is 34.4 Å². The standard InChI is InChI=1S/C23H24N4O2S/c1-30-21-9-4-8-20(13-21)27-16-19(12-22(27)28)23(29)24-14-17-6-2-3-7-18(17)15-26-11-5-10-25-26/h2-11,13,19H,12,14-16H2,1H3,(H,24,29)/t19-/m1/s1. The number of hydrogen-bond acceptors (Lipinski definition) is 4. The first-order valence-corrected chi connectivity index (χ1v) is 11.1. The fourth-order valence-corrected chi connectivity index (χ4v) is 4.14. The highest BCUT2D eigenvalue weighted by atomic mass is 32.2. The Labute approximate surface area is 180 Å². The van der Waals surface area contributed by atoms with Gasteiger partial charge >= 0.3 is 0 Å². The Morgan fingerprint density at radius 2 is 2.00 bits per heavy atom. The van der Waals surface area contributed by atoms with Crippen LogP contribution in [0.25, 0.3) is 0 Å². The topological polar surface area (TPSA) is 67.2 Å². The van der Waals surface area contributed by atoms with Crippen LogP contribution >= 0.6 is 11.8 Å². The molecule has 1 atom stereocenters. The number of aromatic nitrogens is 2. The summed E-state index contributed by atoms with van der Waals surface area (Å²) in [5.74, 6) is -0.429. The van der Waals surface area contributed by atoms with E-state index < -0.39 is 0 Å². The van der Waals surface area contributed by atoms with E-state index in [-0.39, 0.29) is 24.2 Å². The molecule has 7 heteroatoms. The fourth-order valence-electron chi connectivity index (χ4n) is 3.69. The Bertz CT molecular complexity index is 1040. The van der Waals surface area contributed by atoms with Gasteiger partial charge in [0.1, 0.15) is 0 Å². The Morgan fingerprint density at radius 1 is 1.17 bits per heavy atom. The fraction of sp³-hybridized carbons (Fsp3) is 0.261. The maximum Gasteiger partial charge on any atom is 0.227 e. The molecule has 154 valence electrons. The molecular formula is C23H24N4O2S. The zero-order valence-corrected chi connectivity index (χ0v) is 17.6. The van der Waals surface area contributed by atoms with Crippen LogP contribution in [0.4, 0.5) is 5.69 Å². The van der Waals surface area contributed by atoms with Crippen molar-refractivity contribution in [2.45, 2.75) is 24.4 Å². The summed E-state index contributed by atoms with van der Waals surface area (Å²) in [5.41, 5.74) is 3.02. The van der Waals surface area contributed by atoms with E-state index in [2.05, 4.69) is 10.4 Å². The first-order valence-electron chi connectivity index (χ1n) is 9.90. The van der Waals surface area contributed by atoms with E-state index in [4.69, 9.17) is 0 Å². The largest absolute Gasteiger partial charge is 0.352 e. The van der Waals surface area contributed by atoms with Gasteiger partial charge in [0.05, 0.1) is 12.5 Å². The number of anilines is 1. The average molecular weight is 421 g/mol. The van der Waals surface area contributed by atoms with Gasteiger partial charge in [-0.2, -0.15) is 5.10 Å². The summed E-state index contributed by atoms with van der Waals surface area (Å²) < 4.78 is 1.86. The van der Waals surface area contributed by atoms with Crippen molar-refractivity contribution >= 4 is 29.3 Å². The van der Waals surface area contributed by atoms with Crippen LogP contribution in [0.2, 0.25) is 0 Å². The molecule has 1 N–H and O–H groups in total. The number of amides is 2. The molecule has 0 saturated carbocycles. The van der Waals surface area contributed by atoms with Gasteiger partial charge in [0.15, 0.2) is 0 Å². The van der Waals surface area contributed by atoms with Gasteiger partial charge < -0.3 is 10.2 Å². The van der Waals surface area contributed by atoms with Crippen molar-refractivity contribution in [1.82, 2.24) is 15.1 Å². The molecule has 30 heavy (non-hydrogen) atoms. The van der Waals surface area contributed by atoms with Gasteiger partial charge in [-0.15, -0.1) is 11.8 Å². The quantitative estimate of drug-likeness (QED) is 0.596. The second kappa shape index (κ2) is 9.17. The third kappa shape index (κ3) is 4.57. The molecule has 1 fully saturated rings. The molecule has 0 radical (unpaired) electrons. The van der Waals surface area contributed by atoms with E-state index in [1.807, 2.05) is 71.7 Å². The Balaban J connectivity index is 1.39. The van der Waals surface area contributed by atoms with Crippen LogP contribution in [0.15, 0.2) is 71.9 Å². The second-order valence-electron chi connectivity index (χ2n) is 7.30.